The number of anilines is 1. The van der Waals surface area contributed by atoms with Gasteiger partial charge < -0.3 is 24.8 Å². The van der Waals surface area contributed by atoms with Gasteiger partial charge in [-0.15, -0.1) is 11.6 Å². The molecule has 0 radical (unpaired) electrons. The summed E-state index contributed by atoms with van der Waals surface area (Å²) < 4.78 is 38.9. The van der Waals surface area contributed by atoms with Gasteiger partial charge >= 0.3 is 13.7 Å². The highest BCUT2D eigenvalue weighted by molar-refractivity contribution is 7.52. The maximum atomic E-state index is 14.0. The minimum atomic E-state index is -4.20. The number of aromatic nitrogens is 4. The Morgan fingerprint density at radius 3 is 2.71 bits per heavy atom. The monoisotopic (exact) mass is 622 g/mol. The number of benzene rings is 1. The number of rotatable bonds is 10. The van der Waals surface area contributed by atoms with Crippen LogP contribution in [0.25, 0.3) is 11.2 Å². The number of alkyl halides is 1. The second-order valence-corrected chi connectivity index (χ2v) is 13.4. The van der Waals surface area contributed by atoms with E-state index in [0.717, 1.165) is 32.1 Å². The zero-order valence-corrected chi connectivity index (χ0v) is 25.3. The summed E-state index contributed by atoms with van der Waals surface area (Å²) in [6, 6.07) is 7.40. The highest BCUT2D eigenvalue weighted by Gasteiger charge is 2.54. The van der Waals surface area contributed by atoms with Crippen molar-refractivity contribution in [1.29, 1.82) is 0 Å². The van der Waals surface area contributed by atoms with Crippen LogP contribution in [0.5, 0.6) is 5.75 Å². The van der Waals surface area contributed by atoms with E-state index in [-0.39, 0.29) is 24.4 Å². The number of carbonyl (C=O) groups is 1. The number of fused-ring (bicyclic) bond motifs is 1. The summed E-state index contributed by atoms with van der Waals surface area (Å²) in [5, 5.41) is 13.8. The van der Waals surface area contributed by atoms with Crippen LogP contribution in [-0.4, -0.2) is 66.4 Å². The predicted molar refractivity (Wildman–Crippen MR) is 155 cm³/mol. The quantitative estimate of drug-likeness (QED) is 0.169. The number of aliphatic hydroxyl groups excluding tert-OH is 1. The maximum Gasteiger partial charge on any atom is 0.459 e. The number of para-hydroxylation sites is 1. The van der Waals surface area contributed by atoms with Crippen LogP contribution < -0.4 is 15.3 Å². The molecule has 3 aromatic rings. The van der Waals surface area contributed by atoms with E-state index in [9.17, 15) is 14.5 Å². The number of hydrogen-bond donors (Lipinski definition) is 3. The molecule has 6 atom stereocenters. The molecule has 0 amide bonds. The lowest BCUT2D eigenvalue weighted by molar-refractivity contribution is -0.152. The Kier molecular flexibility index (Phi) is 9.08. The summed E-state index contributed by atoms with van der Waals surface area (Å²) in [7, 11) is -4.20. The van der Waals surface area contributed by atoms with Crippen molar-refractivity contribution in [3.63, 3.8) is 0 Å². The van der Waals surface area contributed by atoms with Gasteiger partial charge in [0.1, 0.15) is 40.5 Å². The first-order chi connectivity index (χ1) is 20.0. The van der Waals surface area contributed by atoms with Gasteiger partial charge in [0.25, 0.3) is 0 Å². The first-order valence-electron chi connectivity index (χ1n) is 13.9. The molecule has 15 heteroatoms. The standard InChI is InChI=1S/C27H36ClN6O7P/c1-16-21-23(32-26(29)31-16)34(15-30-21)25-27(3,28)22(35)20(40-25)14-38-42(37,41-19-12-8-5-9-13-19)33-17(2)24(36)39-18-10-6-4-7-11-18/h5,8-9,12-13,15,17-18,20,22,25,35H,4,6-7,10-11,14H2,1-3H3,(H,33,37)(H2,29,31,32)/t17?,20-,22-,25-,27-,42?/m1/s1. The molecule has 0 bridgehead atoms. The van der Waals surface area contributed by atoms with Gasteiger partial charge in [0.05, 0.1) is 18.6 Å². The van der Waals surface area contributed by atoms with Crippen molar-refractivity contribution < 1.29 is 33.0 Å². The van der Waals surface area contributed by atoms with Gasteiger partial charge in [-0.05, 0) is 58.6 Å². The largest absolute Gasteiger partial charge is 0.461 e. The zero-order chi connectivity index (χ0) is 30.1. The van der Waals surface area contributed by atoms with Crippen molar-refractivity contribution in [3.8, 4) is 5.75 Å². The van der Waals surface area contributed by atoms with Crippen molar-refractivity contribution in [3.05, 3.63) is 42.4 Å². The molecule has 2 fully saturated rings. The van der Waals surface area contributed by atoms with Crippen LogP contribution in [-0.2, 0) is 23.4 Å². The molecular weight excluding hydrogens is 587 g/mol. The van der Waals surface area contributed by atoms with Gasteiger partial charge in [-0.1, -0.05) is 24.6 Å². The number of nitrogen functional groups attached to an aromatic ring is 1. The van der Waals surface area contributed by atoms with Crippen molar-refractivity contribution >= 4 is 42.4 Å². The molecule has 4 N–H and O–H groups in total. The Balaban J connectivity index is 1.32. The number of hydrogen-bond acceptors (Lipinski definition) is 11. The summed E-state index contributed by atoms with van der Waals surface area (Å²) in [5.41, 5.74) is 7.32. The second kappa shape index (κ2) is 12.4. The number of carbonyl (C=O) groups excluding carboxylic acids is 1. The first kappa shape index (κ1) is 30.7. The molecule has 1 aromatic carbocycles. The molecular formula is C27H36ClN6O7P. The fourth-order valence-electron chi connectivity index (χ4n) is 5.22. The lowest BCUT2D eigenvalue weighted by atomic mass is 9.98. The van der Waals surface area contributed by atoms with Crippen molar-refractivity contribution in [2.45, 2.75) is 88.3 Å². The van der Waals surface area contributed by atoms with Gasteiger partial charge in [-0.25, -0.2) is 14.5 Å². The molecule has 1 aliphatic carbocycles. The van der Waals surface area contributed by atoms with E-state index in [1.54, 1.807) is 48.7 Å². The third-order valence-corrected chi connectivity index (χ3v) is 9.55. The van der Waals surface area contributed by atoms with E-state index in [0.29, 0.717) is 16.9 Å². The smallest absolute Gasteiger partial charge is 0.459 e. The fraction of sp³-hybridized carbons (Fsp3) is 0.556. The Hall–Kier alpha value is -2.80. The van der Waals surface area contributed by atoms with E-state index in [2.05, 4.69) is 20.0 Å². The van der Waals surface area contributed by atoms with Gasteiger partial charge in [-0.3, -0.25) is 13.9 Å². The molecule has 2 aromatic heterocycles. The molecule has 228 valence electrons. The molecule has 1 saturated carbocycles. The molecule has 42 heavy (non-hydrogen) atoms. The number of aryl methyl sites for hydroxylation is 1. The van der Waals surface area contributed by atoms with Crippen molar-refractivity contribution in [1.82, 2.24) is 24.6 Å². The Morgan fingerprint density at radius 2 is 2.00 bits per heavy atom. The summed E-state index contributed by atoms with van der Waals surface area (Å²) in [6.07, 6.45) is 2.79. The van der Waals surface area contributed by atoms with Crippen LogP contribution in [0.1, 0.15) is 57.9 Å². The highest BCUT2D eigenvalue weighted by Crippen LogP contribution is 2.48. The Bertz CT molecular complexity index is 1450. The van der Waals surface area contributed by atoms with E-state index in [4.69, 9.17) is 35.9 Å². The number of esters is 1. The molecule has 2 aliphatic rings. The normalized spacial score (nSPS) is 27.0. The molecule has 1 aliphatic heterocycles. The number of ether oxygens (including phenoxy) is 2. The molecule has 0 spiro atoms. The van der Waals surface area contributed by atoms with E-state index >= 15 is 0 Å². The first-order valence-corrected chi connectivity index (χ1v) is 15.9. The lowest BCUT2D eigenvalue weighted by Crippen LogP contribution is -2.41. The van der Waals surface area contributed by atoms with Gasteiger partial charge in [0.2, 0.25) is 5.95 Å². The fourth-order valence-corrected chi connectivity index (χ4v) is 7.02. The van der Waals surface area contributed by atoms with Crippen LogP contribution in [0.4, 0.5) is 5.95 Å². The van der Waals surface area contributed by atoms with E-state index in [1.165, 1.54) is 13.3 Å². The number of imidazole rings is 1. The number of nitrogens with zero attached hydrogens (tertiary/aromatic N) is 4. The Labute approximate surface area is 248 Å². The van der Waals surface area contributed by atoms with Crippen LogP contribution in [0.15, 0.2) is 36.7 Å². The summed E-state index contributed by atoms with van der Waals surface area (Å²) >= 11 is 6.82. The van der Waals surface area contributed by atoms with Crippen LogP contribution in [0.3, 0.4) is 0 Å². The second-order valence-electron chi connectivity index (χ2n) is 10.9. The average Bonchev–Trinajstić information content (AvgIpc) is 3.46. The summed E-state index contributed by atoms with van der Waals surface area (Å²) in [4.78, 5) is 24.2. The van der Waals surface area contributed by atoms with Gasteiger partial charge in [-0.2, -0.15) is 10.1 Å². The van der Waals surface area contributed by atoms with E-state index in [1.807, 2.05) is 0 Å². The highest BCUT2D eigenvalue weighted by atomic mass is 35.5. The van der Waals surface area contributed by atoms with Crippen LogP contribution in [0.2, 0.25) is 0 Å². The summed E-state index contributed by atoms with van der Waals surface area (Å²) in [6.45, 7) is 4.50. The maximum absolute atomic E-state index is 14.0. The number of halogens is 1. The molecule has 2 unspecified atom stereocenters. The third-order valence-electron chi connectivity index (χ3n) is 7.50. The van der Waals surface area contributed by atoms with E-state index < -0.39 is 43.1 Å². The van der Waals surface area contributed by atoms with Crippen molar-refractivity contribution in [2.75, 3.05) is 12.3 Å². The average molecular weight is 623 g/mol. The molecule has 3 heterocycles. The van der Waals surface area contributed by atoms with Crippen LogP contribution >= 0.6 is 19.3 Å². The Morgan fingerprint density at radius 1 is 1.29 bits per heavy atom. The molecule has 13 nitrogen and oxygen atoms in total. The van der Waals surface area contributed by atoms with Crippen LogP contribution in [0, 0.1) is 6.92 Å². The summed E-state index contributed by atoms with van der Waals surface area (Å²) in [5.74, 6) is -0.249. The molecule has 1 saturated heterocycles. The topological polar surface area (TPSA) is 173 Å². The number of aliphatic hydroxyl groups is 1. The van der Waals surface area contributed by atoms with Gasteiger partial charge in [0, 0.05) is 0 Å². The molecule has 5 rings (SSSR count). The lowest BCUT2D eigenvalue weighted by Gasteiger charge is -2.27. The van der Waals surface area contributed by atoms with Gasteiger partial charge in [0.15, 0.2) is 11.9 Å². The minimum absolute atomic E-state index is 0.0534. The number of nitrogens with two attached hydrogens (primary N) is 1. The SMILES string of the molecule is Cc1nc(N)nc2c1ncn2[C@@H]1O[C@H](COP(=O)(NC(C)C(=O)OC2CCCCC2)Oc2ccccc2)[C@@H](O)[C@@]1(C)Cl. The third kappa shape index (κ3) is 6.56. The minimum Gasteiger partial charge on any atom is -0.461 e. The zero-order valence-electron chi connectivity index (χ0n) is 23.7. The number of nitrogens with one attached hydrogen (secondary N) is 1. The van der Waals surface area contributed by atoms with Crippen molar-refractivity contribution in [2.24, 2.45) is 0 Å². The predicted octanol–water partition coefficient (Wildman–Crippen LogP) is 4.03.